The maximum absolute atomic E-state index is 13.7. The fourth-order valence-corrected chi connectivity index (χ4v) is 4.18. The Balaban J connectivity index is 2.42. The molecule has 1 N–H and O–H groups in total. The molecule has 0 spiro atoms. The number of carbonyl (C=O) groups is 1. The minimum absolute atomic E-state index is 0.0700. The monoisotopic (exact) mass is 437 g/mol. The van der Waals surface area contributed by atoms with Crippen molar-refractivity contribution in [3.8, 4) is 0 Å². The van der Waals surface area contributed by atoms with Gasteiger partial charge in [0.15, 0.2) is 0 Å². The first kappa shape index (κ1) is 14.4. The van der Waals surface area contributed by atoms with Crippen molar-refractivity contribution < 1.29 is 18.7 Å². The van der Waals surface area contributed by atoms with Crippen LogP contribution in [0.1, 0.15) is 10.4 Å². The molecule has 0 aliphatic carbocycles. The third kappa shape index (κ3) is 3.51. The molecule has 0 fully saturated rings. The summed E-state index contributed by atoms with van der Waals surface area (Å²) in [5.74, 6) is -2.35. The molecular formula is C12H7AsF2INO2. The topological polar surface area (TPSA) is 50.2 Å². The molecule has 0 amide bonds. The molecule has 1 unspecified atom stereocenters. The number of aromatic carboxylic acids is 1. The van der Waals surface area contributed by atoms with E-state index in [0.29, 0.717) is 4.35 Å². The number of hydrogen-bond donors (Lipinski definition) is 1. The van der Waals surface area contributed by atoms with Crippen LogP contribution in [0.5, 0.6) is 0 Å². The minimum atomic E-state index is -1.34. The molecule has 1 heterocycles. The number of aromatic nitrogens is 1. The number of hydrogen-bond acceptors (Lipinski definition) is 2. The molecule has 0 saturated carbocycles. The van der Waals surface area contributed by atoms with Crippen molar-refractivity contribution in [1.82, 2.24) is 4.98 Å². The summed E-state index contributed by atoms with van der Waals surface area (Å²) in [6.45, 7) is 0. The molecule has 98 valence electrons. The summed E-state index contributed by atoms with van der Waals surface area (Å²) in [5, 5.41) is 9.01. The van der Waals surface area contributed by atoms with Crippen LogP contribution in [0.25, 0.3) is 0 Å². The molecule has 2 rings (SSSR count). The zero-order valence-corrected chi connectivity index (χ0v) is 13.6. The van der Waals surface area contributed by atoms with E-state index in [1.54, 1.807) is 12.1 Å². The van der Waals surface area contributed by atoms with E-state index in [1.807, 2.05) is 22.6 Å². The van der Waals surface area contributed by atoms with Gasteiger partial charge < -0.3 is 0 Å². The summed E-state index contributed by atoms with van der Waals surface area (Å²) in [5.41, 5.74) is -0.0700. The van der Waals surface area contributed by atoms with Crippen LogP contribution in [0.15, 0.2) is 30.3 Å². The van der Waals surface area contributed by atoms with Crippen molar-refractivity contribution in [2.45, 2.75) is 0 Å². The number of benzene rings is 1. The number of halogens is 3. The van der Waals surface area contributed by atoms with Gasteiger partial charge in [-0.25, -0.2) is 0 Å². The third-order valence-electron chi connectivity index (χ3n) is 2.28. The van der Waals surface area contributed by atoms with Crippen molar-refractivity contribution in [3.05, 3.63) is 51.2 Å². The Labute approximate surface area is 127 Å². The number of carboxylic acids is 1. The fourth-order valence-electron chi connectivity index (χ4n) is 1.42. The summed E-state index contributed by atoms with van der Waals surface area (Å²) >= 11 is 0.639. The molecule has 0 aliphatic rings. The van der Waals surface area contributed by atoms with Crippen molar-refractivity contribution in [1.29, 1.82) is 0 Å². The summed E-state index contributed by atoms with van der Waals surface area (Å²) in [6, 6.07) is 6.83. The van der Waals surface area contributed by atoms with E-state index in [-0.39, 0.29) is 10.0 Å². The van der Waals surface area contributed by atoms with Gasteiger partial charge >= 0.3 is 128 Å². The van der Waals surface area contributed by atoms with Gasteiger partial charge in [-0.05, 0) is 0 Å². The van der Waals surface area contributed by atoms with E-state index in [0.717, 1.165) is 15.7 Å². The first-order chi connectivity index (χ1) is 8.97. The number of pyridine rings is 1. The predicted molar refractivity (Wildman–Crippen MR) is 76.7 cm³/mol. The first-order valence-corrected chi connectivity index (χ1v) is 8.27. The Morgan fingerprint density at radius 3 is 2.63 bits per heavy atom. The number of rotatable bonds is 3. The van der Waals surface area contributed by atoms with E-state index in [9.17, 15) is 13.6 Å². The van der Waals surface area contributed by atoms with E-state index in [1.165, 1.54) is 6.07 Å². The van der Waals surface area contributed by atoms with E-state index < -0.39 is 33.5 Å². The van der Waals surface area contributed by atoms with Gasteiger partial charge in [-0.1, -0.05) is 0 Å². The SMILES string of the molecule is O=C(O)c1ccc(F)nc1[AsH]c1ccc(I)cc1F. The van der Waals surface area contributed by atoms with E-state index in [4.69, 9.17) is 5.11 Å². The van der Waals surface area contributed by atoms with E-state index in [2.05, 4.69) is 4.98 Å². The third-order valence-corrected chi connectivity index (χ3v) is 5.66. The Hall–Kier alpha value is -1.01. The Kier molecular flexibility index (Phi) is 4.52. The van der Waals surface area contributed by atoms with Crippen LogP contribution in [-0.2, 0) is 0 Å². The molecule has 0 radical (unpaired) electrons. The van der Waals surface area contributed by atoms with Gasteiger partial charge in [0.1, 0.15) is 0 Å². The van der Waals surface area contributed by atoms with Crippen molar-refractivity contribution in [2.24, 2.45) is 0 Å². The van der Waals surface area contributed by atoms with Gasteiger partial charge in [0.05, 0.1) is 0 Å². The van der Waals surface area contributed by atoms with Crippen LogP contribution in [0.3, 0.4) is 0 Å². The average Bonchev–Trinajstić information content (AvgIpc) is 2.32. The van der Waals surface area contributed by atoms with Gasteiger partial charge in [-0.3, -0.25) is 0 Å². The number of carboxylic acid groups (broad SMARTS) is 1. The first-order valence-electron chi connectivity index (χ1n) is 5.09. The molecule has 1 aromatic carbocycles. The van der Waals surface area contributed by atoms with Crippen LogP contribution < -0.4 is 8.83 Å². The van der Waals surface area contributed by atoms with Gasteiger partial charge in [0.2, 0.25) is 0 Å². The second-order valence-corrected chi connectivity index (χ2v) is 7.48. The molecule has 1 aromatic heterocycles. The summed E-state index contributed by atoms with van der Waals surface area (Å²) in [7, 11) is 0. The van der Waals surface area contributed by atoms with Gasteiger partial charge in [-0.2, -0.15) is 0 Å². The Morgan fingerprint density at radius 1 is 1.26 bits per heavy atom. The van der Waals surface area contributed by atoms with Gasteiger partial charge in [-0.15, -0.1) is 0 Å². The normalized spacial score (nSPS) is 11.1. The second-order valence-electron chi connectivity index (χ2n) is 3.58. The van der Waals surface area contributed by atoms with Crippen LogP contribution in [0.2, 0.25) is 0 Å². The standard InChI is InChI=1S/C12H7AsF2INO2/c14-9-5-6(16)1-3-8(9)13-11-7(12(18)19)2-4-10(15)17-11/h1-5,13H,(H,18,19). The summed E-state index contributed by atoms with van der Waals surface area (Å²) in [6.07, 6.45) is 0. The van der Waals surface area contributed by atoms with Crippen molar-refractivity contribution in [2.75, 3.05) is 0 Å². The van der Waals surface area contributed by atoms with Gasteiger partial charge in [0.25, 0.3) is 0 Å². The molecule has 7 heteroatoms. The molecule has 19 heavy (non-hydrogen) atoms. The molecule has 0 aliphatic heterocycles. The average molecular weight is 437 g/mol. The predicted octanol–water partition coefficient (Wildman–Crippen LogP) is 1.05. The zero-order valence-electron chi connectivity index (χ0n) is 9.32. The Morgan fingerprint density at radius 2 is 2.00 bits per heavy atom. The van der Waals surface area contributed by atoms with Crippen LogP contribution >= 0.6 is 22.6 Å². The van der Waals surface area contributed by atoms with Crippen molar-refractivity contribution in [3.63, 3.8) is 0 Å². The fraction of sp³-hybridized carbons (Fsp3) is 0. The van der Waals surface area contributed by atoms with Crippen LogP contribution in [0, 0.1) is 15.3 Å². The Bertz CT molecular complexity index is 652. The van der Waals surface area contributed by atoms with E-state index >= 15 is 0 Å². The zero-order chi connectivity index (χ0) is 14.0. The molecule has 3 nitrogen and oxygen atoms in total. The molecule has 1 atom stereocenters. The molecule has 0 bridgehead atoms. The molecular weight excluding hydrogens is 430 g/mol. The van der Waals surface area contributed by atoms with Crippen LogP contribution in [-0.4, -0.2) is 31.8 Å². The van der Waals surface area contributed by atoms with Crippen molar-refractivity contribution >= 4 is 53.1 Å². The molecule has 0 saturated heterocycles. The van der Waals surface area contributed by atoms with Crippen LogP contribution in [0.4, 0.5) is 8.78 Å². The maximum atomic E-state index is 13.7. The quantitative estimate of drug-likeness (QED) is 0.444. The summed E-state index contributed by atoms with van der Waals surface area (Å²) in [4.78, 5) is 14.6. The van der Waals surface area contributed by atoms with Gasteiger partial charge in [0, 0.05) is 0 Å². The number of nitrogens with zero attached hydrogens (tertiary/aromatic N) is 1. The second kappa shape index (κ2) is 5.96. The molecule has 2 aromatic rings. The summed E-state index contributed by atoms with van der Waals surface area (Å²) < 4.78 is 28.1.